The number of nitrogens with one attached hydrogen (secondary N) is 3. The molecule has 2 aromatic heterocycles. The number of benzene rings is 1. The van der Waals surface area contributed by atoms with Crippen LogP contribution in [0.2, 0.25) is 0 Å². The summed E-state index contributed by atoms with van der Waals surface area (Å²) >= 11 is 0. The molecule has 0 bridgehead atoms. The second-order valence-corrected chi connectivity index (χ2v) is 8.89. The van der Waals surface area contributed by atoms with Crippen LogP contribution in [0, 0.1) is 5.92 Å². The predicted molar refractivity (Wildman–Crippen MR) is 143 cm³/mol. The number of aromatic nitrogens is 3. The van der Waals surface area contributed by atoms with E-state index in [2.05, 4.69) is 56.2 Å². The number of H-pyrrole nitrogens is 2. The highest BCUT2D eigenvalue weighted by molar-refractivity contribution is 5.81. The average molecular weight is 472 g/mol. The molecule has 0 saturated heterocycles. The van der Waals surface area contributed by atoms with Crippen LogP contribution in [0.25, 0.3) is 22.7 Å². The average Bonchev–Trinajstić information content (AvgIpc) is 3.21. The number of hydrogen-bond acceptors (Lipinski definition) is 6. The van der Waals surface area contributed by atoms with E-state index in [0.717, 1.165) is 30.1 Å². The van der Waals surface area contributed by atoms with Gasteiger partial charge in [-0.15, -0.1) is 0 Å². The van der Waals surface area contributed by atoms with Gasteiger partial charge in [0.25, 0.3) is 5.56 Å². The highest BCUT2D eigenvalue weighted by Gasteiger charge is 2.16. The molecule has 182 valence electrons. The summed E-state index contributed by atoms with van der Waals surface area (Å²) in [4.78, 5) is 26.8. The Kier molecular flexibility index (Phi) is 8.07. The van der Waals surface area contributed by atoms with Crippen molar-refractivity contribution in [2.75, 3.05) is 6.54 Å². The van der Waals surface area contributed by atoms with Crippen molar-refractivity contribution in [3.05, 3.63) is 87.9 Å². The molecule has 2 heterocycles. The minimum absolute atomic E-state index is 0.275. The lowest BCUT2D eigenvalue weighted by Crippen LogP contribution is -2.26. The van der Waals surface area contributed by atoms with E-state index in [1.165, 1.54) is 41.4 Å². The zero-order valence-electron chi connectivity index (χ0n) is 20.1. The summed E-state index contributed by atoms with van der Waals surface area (Å²) in [6.45, 7) is 7.93. The van der Waals surface area contributed by atoms with Gasteiger partial charge in [0.15, 0.2) is 0 Å². The van der Waals surface area contributed by atoms with Crippen molar-refractivity contribution in [1.82, 2.24) is 25.3 Å². The van der Waals surface area contributed by atoms with Gasteiger partial charge in [-0.2, -0.15) is 0 Å². The quantitative estimate of drug-likeness (QED) is 0.145. The van der Waals surface area contributed by atoms with E-state index in [4.69, 9.17) is 5.84 Å². The molecule has 35 heavy (non-hydrogen) atoms. The highest BCUT2D eigenvalue weighted by atomic mass is 16.1. The van der Waals surface area contributed by atoms with Crippen LogP contribution in [-0.2, 0) is 13.1 Å². The Labute approximate surface area is 205 Å². The summed E-state index contributed by atoms with van der Waals surface area (Å²) in [5.41, 5.74) is 3.85. The van der Waals surface area contributed by atoms with Gasteiger partial charge in [0, 0.05) is 30.0 Å². The molecule has 0 aliphatic heterocycles. The molecule has 5 N–H and O–H groups in total. The van der Waals surface area contributed by atoms with Crippen molar-refractivity contribution in [3.8, 4) is 0 Å². The van der Waals surface area contributed by atoms with Crippen LogP contribution >= 0.6 is 0 Å². The monoisotopic (exact) mass is 471 g/mol. The van der Waals surface area contributed by atoms with Crippen molar-refractivity contribution in [2.45, 2.75) is 39.3 Å². The number of hydrazine groups is 1. The third-order valence-corrected chi connectivity index (χ3v) is 6.12. The lowest BCUT2D eigenvalue weighted by Gasteiger charge is -2.25. The number of aromatic amines is 2. The van der Waals surface area contributed by atoms with E-state index in [9.17, 15) is 4.79 Å². The first-order valence-electron chi connectivity index (χ1n) is 12.0. The van der Waals surface area contributed by atoms with E-state index in [0.29, 0.717) is 23.8 Å². The molecule has 1 saturated carbocycles. The Hall–Kier alpha value is -3.75. The summed E-state index contributed by atoms with van der Waals surface area (Å²) < 4.78 is 0. The maximum absolute atomic E-state index is 12.1. The number of hydrogen-bond donors (Lipinski definition) is 4. The number of rotatable bonds is 11. The summed E-state index contributed by atoms with van der Waals surface area (Å²) in [5.74, 6) is 7.54. The van der Waals surface area contributed by atoms with Crippen molar-refractivity contribution in [1.29, 1.82) is 0 Å². The molecule has 0 spiro atoms. The largest absolute Gasteiger partial charge is 0.357 e. The lowest BCUT2D eigenvalue weighted by atomic mass is 9.85. The Morgan fingerprint density at radius 1 is 1.29 bits per heavy atom. The minimum Gasteiger partial charge on any atom is -0.357 e. The predicted octanol–water partition coefficient (Wildman–Crippen LogP) is 4.11. The number of fused-ring (bicyclic) bond motifs is 1. The van der Waals surface area contributed by atoms with Crippen LogP contribution in [0.1, 0.15) is 49.0 Å². The number of allylic oxidation sites excluding steroid dienone is 3. The number of aliphatic imine (C=N–C) groups is 1. The Balaban J connectivity index is 1.44. The molecule has 1 aliphatic rings. The standard InChI is InChI=1S/C27H33N7O/c1-3-4-5-9-26-32-24(14-27(35)33-26)25(29-2)18-34(28)17-20-10-11-21-13-22(31-23(21)12-20)16-30-15-19-7-6-8-19/h3-5,9-14,18-19,30-31H,2,6-8,15-17,28H2,1H3,(H,32,33,35)/b4-3-,9-5-,25-18-. The zero-order valence-corrected chi connectivity index (χ0v) is 20.1. The van der Waals surface area contributed by atoms with Gasteiger partial charge in [0.1, 0.15) is 11.5 Å². The van der Waals surface area contributed by atoms with Gasteiger partial charge < -0.3 is 20.3 Å². The smallest absolute Gasteiger partial charge is 0.251 e. The van der Waals surface area contributed by atoms with Crippen LogP contribution < -0.4 is 16.7 Å². The van der Waals surface area contributed by atoms with Crippen LogP contribution in [0.15, 0.2) is 64.5 Å². The van der Waals surface area contributed by atoms with Crippen molar-refractivity contribution >= 4 is 29.4 Å². The van der Waals surface area contributed by atoms with Crippen molar-refractivity contribution in [3.63, 3.8) is 0 Å². The molecule has 3 aromatic rings. The van der Waals surface area contributed by atoms with Crippen LogP contribution in [-0.4, -0.2) is 33.2 Å². The third kappa shape index (κ3) is 6.65. The fraction of sp³-hybridized carbons (Fsp3) is 0.296. The van der Waals surface area contributed by atoms with Crippen LogP contribution in [0.4, 0.5) is 0 Å². The van der Waals surface area contributed by atoms with Crippen molar-refractivity contribution in [2.24, 2.45) is 16.8 Å². The maximum atomic E-state index is 12.1. The molecule has 8 heteroatoms. The maximum Gasteiger partial charge on any atom is 0.251 e. The van der Waals surface area contributed by atoms with E-state index < -0.39 is 0 Å². The first kappa shape index (κ1) is 24.4. The number of nitrogens with zero attached hydrogens (tertiary/aromatic N) is 3. The van der Waals surface area contributed by atoms with E-state index >= 15 is 0 Å². The summed E-state index contributed by atoms with van der Waals surface area (Å²) in [5, 5.41) is 6.25. The molecule has 8 nitrogen and oxygen atoms in total. The minimum atomic E-state index is -0.275. The molecular formula is C27H33N7O. The molecule has 0 radical (unpaired) electrons. The molecule has 0 amide bonds. The Morgan fingerprint density at radius 2 is 2.14 bits per heavy atom. The second-order valence-electron chi connectivity index (χ2n) is 8.89. The molecule has 1 aromatic carbocycles. The fourth-order valence-electron chi connectivity index (χ4n) is 4.08. The second kappa shape index (κ2) is 11.6. The molecule has 1 aliphatic carbocycles. The Bertz CT molecular complexity index is 1310. The van der Waals surface area contributed by atoms with Gasteiger partial charge in [-0.05, 0) is 68.1 Å². The first-order chi connectivity index (χ1) is 17.0. The zero-order chi connectivity index (χ0) is 24.6. The first-order valence-corrected chi connectivity index (χ1v) is 12.0. The third-order valence-electron chi connectivity index (χ3n) is 6.12. The lowest BCUT2D eigenvalue weighted by molar-refractivity contribution is 0.301. The molecule has 0 atom stereocenters. The van der Waals surface area contributed by atoms with E-state index in [-0.39, 0.29) is 5.56 Å². The summed E-state index contributed by atoms with van der Waals surface area (Å²) in [6, 6.07) is 9.84. The molecular weight excluding hydrogens is 438 g/mol. The Morgan fingerprint density at radius 3 is 2.89 bits per heavy atom. The summed E-state index contributed by atoms with van der Waals surface area (Å²) in [6.07, 6.45) is 13.0. The van der Waals surface area contributed by atoms with Gasteiger partial charge in [-0.1, -0.05) is 36.8 Å². The highest BCUT2D eigenvalue weighted by Crippen LogP contribution is 2.25. The van der Waals surface area contributed by atoms with Crippen LogP contribution in [0.5, 0.6) is 0 Å². The molecule has 4 rings (SSSR count). The van der Waals surface area contributed by atoms with Gasteiger partial charge in [-0.3, -0.25) is 9.79 Å². The fourth-order valence-corrected chi connectivity index (χ4v) is 4.08. The molecule has 1 fully saturated rings. The van der Waals surface area contributed by atoms with Gasteiger partial charge in [-0.25, -0.2) is 10.8 Å². The summed E-state index contributed by atoms with van der Waals surface area (Å²) in [7, 11) is 0. The number of nitrogens with two attached hydrogens (primary N) is 1. The van der Waals surface area contributed by atoms with Gasteiger partial charge in [0.2, 0.25) is 0 Å². The SMILES string of the molecule is C=N/C(=C\N(N)Cc1ccc2cc(CNCC3CCC3)[nH]c2c1)c1cc(=O)[nH]c(/C=C\C=C/C)n1. The topological polar surface area (TPSA) is 115 Å². The van der Waals surface area contributed by atoms with Gasteiger partial charge >= 0.3 is 0 Å². The normalized spacial score (nSPS) is 14.7. The van der Waals surface area contributed by atoms with Crippen molar-refractivity contribution < 1.29 is 0 Å². The van der Waals surface area contributed by atoms with Gasteiger partial charge in [0.05, 0.1) is 12.2 Å². The van der Waals surface area contributed by atoms with E-state index in [1.807, 2.05) is 19.1 Å². The molecule has 0 unspecified atom stereocenters. The van der Waals surface area contributed by atoms with Crippen LogP contribution in [0.3, 0.4) is 0 Å². The van der Waals surface area contributed by atoms with E-state index in [1.54, 1.807) is 18.4 Å².